The summed E-state index contributed by atoms with van der Waals surface area (Å²) in [5.41, 5.74) is 4.11. The minimum absolute atomic E-state index is 0.171. The van der Waals surface area contributed by atoms with Crippen molar-refractivity contribution in [3.8, 4) is 0 Å². The van der Waals surface area contributed by atoms with E-state index in [9.17, 15) is 23.3 Å². The van der Waals surface area contributed by atoms with Crippen molar-refractivity contribution in [3.63, 3.8) is 0 Å². The zero-order chi connectivity index (χ0) is 15.5. The van der Waals surface area contributed by atoms with Crippen LogP contribution >= 0.6 is 0 Å². The van der Waals surface area contributed by atoms with E-state index in [1.165, 1.54) is 12.1 Å². The van der Waals surface area contributed by atoms with Gasteiger partial charge in [0.1, 0.15) is 11.7 Å². The highest BCUT2D eigenvalue weighted by Crippen LogP contribution is 2.29. The largest absolute Gasteiger partial charge is 0.480 e. The van der Waals surface area contributed by atoms with Gasteiger partial charge in [-0.25, -0.2) is 4.31 Å². The molecule has 0 saturated heterocycles. The summed E-state index contributed by atoms with van der Waals surface area (Å²) in [4.78, 5) is 20.6. The van der Waals surface area contributed by atoms with Crippen LogP contribution < -0.4 is 10.0 Å². The van der Waals surface area contributed by atoms with Gasteiger partial charge in [-0.15, -0.1) is 0 Å². The number of rotatable bonds is 6. The number of nitrogens with zero attached hydrogens (tertiary/aromatic N) is 2. The summed E-state index contributed by atoms with van der Waals surface area (Å²) >= 11 is 0. The molecule has 1 atom stereocenters. The van der Waals surface area contributed by atoms with E-state index >= 15 is 0 Å². The number of anilines is 1. The van der Waals surface area contributed by atoms with Crippen LogP contribution in [-0.4, -0.2) is 41.6 Å². The van der Waals surface area contributed by atoms with Crippen molar-refractivity contribution in [1.29, 1.82) is 0 Å². The molecule has 0 fully saturated rings. The van der Waals surface area contributed by atoms with Gasteiger partial charge in [-0.3, -0.25) is 19.5 Å². The molecule has 0 spiro atoms. The van der Waals surface area contributed by atoms with E-state index < -0.39 is 45.2 Å². The van der Waals surface area contributed by atoms with E-state index in [2.05, 4.69) is 0 Å². The Kier molecular flexibility index (Phi) is 4.60. The van der Waals surface area contributed by atoms with E-state index in [0.717, 1.165) is 12.1 Å². The number of carboxylic acids is 1. The van der Waals surface area contributed by atoms with E-state index in [1.54, 1.807) is 0 Å². The van der Waals surface area contributed by atoms with Gasteiger partial charge in [0.05, 0.1) is 11.5 Å². The lowest BCUT2D eigenvalue weighted by Gasteiger charge is -2.22. The topological polar surface area (TPSA) is 164 Å². The molecule has 110 valence electrons. The minimum atomic E-state index is -4.92. The average Bonchev–Trinajstić information content (AvgIpc) is 2.33. The molecule has 0 heterocycles. The molecular formula is C9H11N3O7S. The van der Waals surface area contributed by atoms with Gasteiger partial charge < -0.3 is 10.8 Å². The van der Waals surface area contributed by atoms with Crippen molar-refractivity contribution in [2.45, 2.75) is 6.04 Å². The normalized spacial score (nSPS) is 12.7. The van der Waals surface area contributed by atoms with Crippen molar-refractivity contribution < 1.29 is 27.8 Å². The summed E-state index contributed by atoms with van der Waals surface area (Å²) in [5.74, 6) is -1.52. The number of para-hydroxylation sites is 2. The molecule has 0 unspecified atom stereocenters. The van der Waals surface area contributed by atoms with Crippen LogP contribution in [0.15, 0.2) is 24.3 Å². The van der Waals surface area contributed by atoms with E-state index in [1.807, 2.05) is 0 Å². The number of carbonyl (C=O) groups is 1. The predicted molar refractivity (Wildman–Crippen MR) is 67.6 cm³/mol. The van der Waals surface area contributed by atoms with Gasteiger partial charge in [-0.05, 0) is 6.07 Å². The van der Waals surface area contributed by atoms with Crippen LogP contribution in [0.5, 0.6) is 0 Å². The molecular weight excluding hydrogens is 294 g/mol. The third-order valence-corrected chi connectivity index (χ3v) is 3.21. The molecule has 0 aliphatic carbocycles. The molecule has 0 aromatic heterocycles. The molecule has 0 radical (unpaired) electrons. The molecule has 1 aromatic rings. The fourth-order valence-corrected chi connectivity index (χ4v) is 2.15. The number of aliphatic carboxylic acids is 1. The molecule has 0 bridgehead atoms. The number of nitrogens with two attached hydrogens (primary N) is 1. The fourth-order valence-electron chi connectivity index (χ4n) is 1.40. The maximum Gasteiger partial charge on any atom is 0.360 e. The second-order valence-corrected chi connectivity index (χ2v) is 5.04. The summed E-state index contributed by atoms with van der Waals surface area (Å²) < 4.78 is 31.8. The third-order valence-electron chi connectivity index (χ3n) is 2.31. The first-order valence-corrected chi connectivity index (χ1v) is 6.51. The highest BCUT2D eigenvalue weighted by atomic mass is 32.2. The monoisotopic (exact) mass is 305 g/mol. The van der Waals surface area contributed by atoms with E-state index in [4.69, 9.17) is 15.4 Å². The summed E-state index contributed by atoms with van der Waals surface area (Å²) in [6, 6.07) is 3.00. The van der Waals surface area contributed by atoms with E-state index in [-0.39, 0.29) is 4.31 Å². The van der Waals surface area contributed by atoms with Crippen LogP contribution in [0, 0.1) is 10.1 Å². The zero-order valence-corrected chi connectivity index (χ0v) is 10.7. The van der Waals surface area contributed by atoms with Gasteiger partial charge in [-0.1, -0.05) is 12.1 Å². The first kappa shape index (κ1) is 15.8. The number of benzene rings is 1. The van der Waals surface area contributed by atoms with Crippen LogP contribution in [0.4, 0.5) is 11.4 Å². The molecule has 11 heteroatoms. The van der Waals surface area contributed by atoms with Crippen molar-refractivity contribution in [2.24, 2.45) is 5.73 Å². The first-order valence-electron chi connectivity index (χ1n) is 5.11. The van der Waals surface area contributed by atoms with Gasteiger partial charge in [0.2, 0.25) is 0 Å². The summed E-state index contributed by atoms with van der Waals surface area (Å²) in [5, 5.41) is 19.5. The maximum absolute atomic E-state index is 11.3. The molecule has 4 N–H and O–H groups in total. The molecule has 0 amide bonds. The Morgan fingerprint density at radius 3 is 2.45 bits per heavy atom. The van der Waals surface area contributed by atoms with Crippen molar-refractivity contribution in [3.05, 3.63) is 34.4 Å². The standard InChI is InChI=1S/C9H11N3O7S/c10-6(9(13)14)5-11(20(17,18)19)7-3-1-2-4-8(7)12(15)16/h1-4,6H,5,10H2,(H,13,14)(H,17,18,19)/t6-/m0/s1. The molecule has 1 aromatic carbocycles. The van der Waals surface area contributed by atoms with Crippen LogP contribution in [0.1, 0.15) is 0 Å². The third kappa shape index (κ3) is 3.63. The Bertz CT molecular complexity index is 630. The molecule has 20 heavy (non-hydrogen) atoms. The van der Waals surface area contributed by atoms with Gasteiger partial charge >= 0.3 is 16.3 Å². The predicted octanol–water partition coefficient (Wildman–Crippen LogP) is -0.384. The maximum atomic E-state index is 11.3. The number of nitro groups is 1. The van der Waals surface area contributed by atoms with Crippen LogP contribution in [-0.2, 0) is 15.1 Å². The van der Waals surface area contributed by atoms with Crippen LogP contribution in [0.2, 0.25) is 0 Å². The number of hydrogen-bond acceptors (Lipinski definition) is 6. The number of nitro benzene ring substituents is 1. The van der Waals surface area contributed by atoms with Crippen molar-refractivity contribution >= 4 is 27.6 Å². The smallest absolute Gasteiger partial charge is 0.360 e. The van der Waals surface area contributed by atoms with Crippen molar-refractivity contribution in [1.82, 2.24) is 0 Å². The van der Waals surface area contributed by atoms with Crippen LogP contribution in [0.25, 0.3) is 0 Å². The zero-order valence-electron chi connectivity index (χ0n) is 9.91. The fraction of sp³-hybridized carbons (Fsp3) is 0.222. The van der Waals surface area contributed by atoms with Gasteiger partial charge in [-0.2, -0.15) is 8.42 Å². The lowest BCUT2D eigenvalue weighted by atomic mass is 10.2. The Morgan fingerprint density at radius 1 is 1.45 bits per heavy atom. The quantitative estimate of drug-likeness (QED) is 0.363. The first-order chi connectivity index (χ1) is 9.14. The molecule has 1 rings (SSSR count). The molecule has 0 saturated carbocycles. The second kappa shape index (κ2) is 5.81. The second-order valence-electron chi connectivity index (χ2n) is 3.70. The highest BCUT2D eigenvalue weighted by molar-refractivity contribution is 7.87. The van der Waals surface area contributed by atoms with Crippen molar-refractivity contribution in [2.75, 3.05) is 10.8 Å². The molecule has 0 aliphatic rings. The number of hydrogen-bond donors (Lipinski definition) is 3. The Labute approximate surface area is 113 Å². The summed E-state index contributed by atoms with van der Waals surface area (Å²) in [6.45, 7) is -0.848. The SMILES string of the molecule is N[C@@H](CN(c1ccccc1[N+](=O)[O-])S(=O)(=O)O)C(=O)O. The van der Waals surface area contributed by atoms with E-state index in [0.29, 0.717) is 0 Å². The lowest BCUT2D eigenvalue weighted by Crippen LogP contribution is -2.45. The summed E-state index contributed by atoms with van der Waals surface area (Å²) in [6.07, 6.45) is 0. The van der Waals surface area contributed by atoms with Gasteiger partial charge in [0.15, 0.2) is 0 Å². The van der Waals surface area contributed by atoms with Gasteiger partial charge in [0.25, 0.3) is 5.69 Å². The lowest BCUT2D eigenvalue weighted by molar-refractivity contribution is -0.384. The van der Waals surface area contributed by atoms with Gasteiger partial charge in [0, 0.05) is 6.07 Å². The Morgan fingerprint density at radius 2 is 2.00 bits per heavy atom. The minimum Gasteiger partial charge on any atom is -0.480 e. The molecule has 0 aliphatic heterocycles. The molecule has 10 nitrogen and oxygen atoms in total. The summed E-state index contributed by atoms with van der Waals surface area (Å²) in [7, 11) is -4.92. The number of carboxylic acid groups (broad SMARTS) is 1. The highest BCUT2D eigenvalue weighted by Gasteiger charge is 2.30. The Balaban J connectivity index is 3.33. The average molecular weight is 305 g/mol. The Hall–Kier alpha value is -2.24. The van der Waals surface area contributed by atoms with Crippen LogP contribution in [0.3, 0.4) is 0 Å².